The lowest BCUT2D eigenvalue weighted by Gasteiger charge is -2.19. The number of aryl methyl sites for hydroxylation is 1. The van der Waals surface area contributed by atoms with Gasteiger partial charge in [-0.1, -0.05) is 35.9 Å². The highest BCUT2D eigenvalue weighted by atomic mass is 35.5. The molecule has 0 aliphatic carbocycles. The molecule has 0 saturated heterocycles. The van der Waals surface area contributed by atoms with Crippen molar-refractivity contribution in [1.29, 1.82) is 0 Å². The van der Waals surface area contributed by atoms with Crippen molar-refractivity contribution in [3.8, 4) is 11.5 Å². The molecule has 2 rings (SSSR count). The van der Waals surface area contributed by atoms with E-state index in [9.17, 15) is 4.79 Å². The molecule has 0 aliphatic rings. The van der Waals surface area contributed by atoms with E-state index in [-0.39, 0.29) is 30.8 Å². The van der Waals surface area contributed by atoms with Crippen LogP contribution >= 0.6 is 12.4 Å². The van der Waals surface area contributed by atoms with Crippen molar-refractivity contribution >= 4 is 18.4 Å². The van der Waals surface area contributed by atoms with Gasteiger partial charge in [-0.25, -0.2) is 0 Å². The minimum absolute atomic E-state index is 0. The molecule has 0 amide bonds. The van der Waals surface area contributed by atoms with E-state index in [4.69, 9.17) is 14.2 Å². The Bertz CT molecular complexity index is 734. The highest BCUT2D eigenvalue weighted by molar-refractivity contribution is 5.85. The van der Waals surface area contributed by atoms with Crippen LogP contribution in [0.4, 0.5) is 0 Å². The number of hydrogen-bond donors (Lipinski definition) is 1. The minimum Gasteiger partial charge on any atom is -0.493 e. The van der Waals surface area contributed by atoms with E-state index in [1.165, 1.54) is 5.56 Å². The van der Waals surface area contributed by atoms with Gasteiger partial charge in [0.15, 0.2) is 11.5 Å². The van der Waals surface area contributed by atoms with Gasteiger partial charge in [-0.15, -0.1) is 12.4 Å². The van der Waals surface area contributed by atoms with Crippen molar-refractivity contribution in [3.63, 3.8) is 0 Å². The Morgan fingerprint density at radius 3 is 2.36 bits per heavy atom. The number of benzene rings is 2. The van der Waals surface area contributed by atoms with E-state index in [1.54, 1.807) is 7.11 Å². The predicted octanol–water partition coefficient (Wildman–Crippen LogP) is 4.61. The zero-order chi connectivity index (χ0) is 19.6. The number of esters is 1. The first kappa shape index (κ1) is 23.8. The van der Waals surface area contributed by atoms with Crippen molar-refractivity contribution in [2.75, 3.05) is 20.3 Å². The zero-order valence-corrected chi connectivity index (χ0v) is 17.8. The molecule has 0 aliphatic heterocycles. The summed E-state index contributed by atoms with van der Waals surface area (Å²) in [5.41, 5.74) is 3.30. The van der Waals surface area contributed by atoms with E-state index in [1.807, 2.05) is 51.1 Å². The van der Waals surface area contributed by atoms with Crippen LogP contribution in [0.15, 0.2) is 42.5 Å². The van der Waals surface area contributed by atoms with E-state index in [0.717, 1.165) is 16.9 Å². The quantitative estimate of drug-likeness (QED) is 0.583. The average molecular weight is 408 g/mol. The van der Waals surface area contributed by atoms with Gasteiger partial charge in [0, 0.05) is 12.6 Å². The van der Waals surface area contributed by atoms with E-state index in [0.29, 0.717) is 25.5 Å². The third-order valence-corrected chi connectivity index (χ3v) is 4.24. The minimum atomic E-state index is -0.208. The Morgan fingerprint density at radius 1 is 1.04 bits per heavy atom. The fourth-order valence-electron chi connectivity index (χ4n) is 2.83. The molecule has 5 nitrogen and oxygen atoms in total. The maximum atomic E-state index is 12.0. The Hall–Kier alpha value is -2.24. The van der Waals surface area contributed by atoms with Gasteiger partial charge in [0.1, 0.15) is 0 Å². The summed E-state index contributed by atoms with van der Waals surface area (Å²) in [6.07, 6.45) is 0.283. The molecule has 0 heterocycles. The van der Waals surface area contributed by atoms with Crippen molar-refractivity contribution in [2.45, 2.75) is 39.8 Å². The molecule has 28 heavy (non-hydrogen) atoms. The smallest absolute Gasteiger partial charge is 0.307 e. The number of ether oxygens (including phenoxy) is 3. The van der Waals surface area contributed by atoms with Gasteiger partial charge in [-0.05, 0) is 44.0 Å². The van der Waals surface area contributed by atoms with Gasteiger partial charge >= 0.3 is 5.97 Å². The van der Waals surface area contributed by atoms with Crippen LogP contribution in [0.3, 0.4) is 0 Å². The summed E-state index contributed by atoms with van der Waals surface area (Å²) >= 11 is 0. The van der Waals surface area contributed by atoms with Crippen molar-refractivity contribution in [3.05, 3.63) is 59.2 Å². The molecule has 2 aromatic rings. The highest BCUT2D eigenvalue weighted by Crippen LogP contribution is 2.28. The second kappa shape index (κ2) is 12.3. The number of carbonyl (C=O) groups is 1. The summed E-state index contributed by atoms with van der Waals surface area (Å²) < 4.78 is 16.1. The van der Waals surface area contributed by atoms with Gasteiger partial charge in [0.25, 0.3) is 0 Å². The van der Waals surface area contributed by atoms with Crippen LogP contribution in [0.5, 0.6) is 11.5 Å². The molecule has 0 bridgehead atoms. The van der Waals surface area contributed by atoms with Gasteiger partial charge < -0.3 is 19.5 Å². The van der Waals surface area contributed by atoms with E-state index in [2.05, 4.69) is 17.4 Å². The third kappa shape index (κ3) is 7.06. The van der Waals surface area contributed by atoms with Gasteiger partial charge in [-0.3, -0.25) is 4.79 Å². The second-order valence-corrected chi connectivity index (χ2v) is 6.27. The SMILES string of the molecule is CCOC(=O)CC(NCc1ccc(OC)c(OCC)c1)c1ccc(C)cc1.Cl. The first-order valence-electron chi connectivity index (χ1n) is 9.32. The third-order valence-electron chi connectivity index (χ3n) is 4.24. The molecule has 0 fully saturated rings. The number of hydrogen-bond acceptors (Lipinski definition) is 5. The molecule has 154 valence electrons. The molecule has 0 aromatic heterocycles. The Labute approximate surface area is 173 Å². The van der Waals surface area contributed by atoms with E-state index < -0.39 is 0 Å². The van der Waals surface area contributed by atoms with Crippen molar-refractivity contribution in [1.82, 2.24) is 5.32 Å². The first-order valence-corrected chi connectivity index (χ1v) is 9.32. The van der Waals surface area contributed by atoms with Crippen LogP contribution < -0.4 is 14.8 Å². The molecule has 1 atom stereocenters. The number of carbonyl (C=O) groups excluding carboxylic acids is 1. The van der Waals surface area contributed by atoms with Gasteiger partial charge in [0.2, 0.25) is 0 Å². The topological polar surface area (TPSA) is 56.8 Å². The van der Waals surface area contributed by atoms with Crippen LogP contribution in [0, 0.1) is 6.92 Å². The summed E-state index contributed by atoms with van der Waals surface area (Å²) in [6.45, 7) is 7.36. The lowest BCUT2D eigenvalue weighted by atomic mass is 10.0. The molecule has 0 spiro atoms. The number of nitrogens with one attached hydrogen (secondary N) is 1. The molecular weight excluding hydrogens is 378 g/mol. The normalized spacial score (nSPS) is 11.3. The average Bonchev–Trinajstić information content (AvgIpc) is 2.66. The number of methoxy groups -OCH3 is 1. The molecular formula is C22H30ClNO4. The molecule has 1 unspecified atom stereocenters. The first-order chi connectivity index (χ1) is 13.1. The van der Waals surface area contributed by atoms with Crippen molar-refractivity contribution in [2.24, 2.45) is 0 Å². The van der Waals surface area contributed by atoms with Crippen LogP contribution in [-0.2, 0) is 16.1 Å². The Kier molecular flexibility index (Phi) is 10.4. The number of halogens is 1. The maximum absolute atomic E-state index is 12.0. The number of rotatable bonds is 10. The summed E-state index contributed by atoms with van der Waals surface area (Å²) in [5.74, 6) is 1.22. The van der Waals surface area contributed by atoms with Crippen LogP contribution in [0.2, 0.25) is 0 Å². The van der Waals surface area contributed by atoms with Crippen LogP contribution in [0.1, 0.15) is 43.0 Å². The Balaban J connectivity index is 0.00000392. The van der Waals surface area contributed by atoms with Crippen LogP contribution in [0.25, 0.3) is 0 Å². The molecule has 1 N–H and O–H groups in total. The summed E-state index contributed by atoms with van der Waals surface area (Å²) in [4.78, 5) is 12.0. The maximum Gasteiger partial charge on any atom is 0.307 e. The zero-order valence-electron chi connectivity index (χ0n) is 17.0. The molecule has 0 saturated carbocycles. The molecule has 0 radical (unpaired) electrons. The summed E-state index contributed by atoms with van der Waals surface area (Å²) in [7, 11) is 1.63. The predicted molar refractivity (Wildman–Crippen MR) is 113 cm³/mol. The standard InChI is InChI=1S/C22H29NO4.ClH/c1-5-26-21-13-17(9-12-20(21)25-4)15-23-19(14-22(24)27-6-2)18-10-7-16(3)8-11-18;/h7-13,19,23H,5-6,14-15H2,1-4H3;1H. The monoisotopic (exact) mass is 407 g/mol. The lowest BCUT2D eigenvalue weighted by Crippen LogP contribution is -2.24. The van der Waals surface area contributed by atoms with Crippen LogP contribution in [-0.4, -0.2) is 26.3 Å². The largest absolute Gasteiger partial charge is 0.493 e. The van der Waals surface area contributed by atoms with E-state index >= 15 is 0 Å². The van der Waals surface area contributed by atoms with Crippen molar-refractivity contribution < 1.29 is 19.0 Å². The lowest BCUT2D eigenvalue weighted by molar-refractivity contribution is -0.143. The van der Waals surface area contributed by atoms with Gasteiger partial charge in [0.05, 0.1) is 26.7 Å². The summed E-state index contributed by atoms with van der Waals surface area (Å²) in [6, 6.07) is 13.9. The second-order valence-electron chi connectivity index (χ2n) is 6.27. The summed E-state index contributed by atoms with van der Waals surface area (Å²) in [5, 5.41) is 3.47. The highest BCUT2D eigenvalue weighted by Gasteiger charge is 2.17. The molecule has 6 heteroatoms. The Morgan fingerprint density at radius 2 is 1.75 bits per heavy atom. The fraction of sp³-hybridized carbons (Fsp3) is 0.409. The van der Waals surface area contributed by atoms with Gasteiger partial charge in [-0.2, -0.15) is 0 Å². The molecule has 2 aromatic carbocycles. The fourth-order valence-corrected chi connectivity index (χ4v) is 2.83.